The number of alkyl halides is 3. The summed E-state index contributed by atoms with van der Waals surface area (Å²) in [7, 11) is 2.03. The molecular weight excluding hydrogens is 382 g/mol. The number of hydrogen-bond acceptors (Lipinski definition) is 3. The second-order valence-corrected chi connectivity index (χ2v) is 7.34. The van der Waals surface area contributed by atoms with Crippen LogP contribution in [0.1, 0.15) is 34.9 Å². The van der Waals surface area contributed by atoms with Gasteiger partial charge in [0, 0.05) is 30.4 Å². The van der Waals surface area contributed by atoms with E-state index >= 15 is 0 Å². The first-order chi connectivity index (χ1) is 13.8. The molecule has 1 unspecified atom stereocenters. The molecule has 0 radical (unpaired) electrons. The van der Waals surface area contributed by atoms with Crippen molar-refractivity contribution in [2.45, 2.75) is 25.1 Å². The predicted molar refractivity (Wildman–Crippen MR) is 102 cm³/mol. The summed E-state index contributed by atoms with van der Waals surface area (Å²) in [6.07, 6.45) is -1.25. The van der Waals surface area contributed by atoms with E-state index in [9.17, 15) is 17.6 Å². The van der Waals surface area contributed by atoms with Crippen LogP contribution in [0.5, 0.6) is 0 Å². The average molecular weight is 401 g/mol. The molecule has 0 fully saturated rings. The van der Waals surface area contributed by atoms with Crippen LogP contribution < -0.4 is 0 Å². The van der Waals surface area contributed by atoms with Gasteiger partial charge < -0.3 is 4.90 Å². The van der Waals surface area contributed by atoms with Crippen molar-refractivity contribution in [1.29, 1.82) is 0 Å². The number of hydrogen-bond donors (Lipinski definition) is 0. The van der Waals surface area contributed by atoms with E-state index in [1.165, 1.54) is 24.5 Å². The molecule has 3 nitrogen and oxygen atoms in total. The molecule has 2 aromatic carbocycles. The van der Waals surface area contributed by atoms with E-state index in [0.29, 0.717) is 5.56 Å². The van der Waals surface area contributed by atoms with Crippen LogP contribution >= 0.6 is 0 Å². The lowest BCUT2D eigenvalue weighted by Crippen LogP contribution is -2.17. The Morgan fingerprint density at radius 3 is 2.31 bits per heavy atom. The molecule has 0 amide bonds. The first kappa shape index (κ1) is 19.5. The maximum atomic E-state index is 13.3. The van der Waals surface area contributed by atoms with Crippen LogP contribution in [-0.2, 0) is 12.7 Å². The minimum atomic E-state index is -4.56. The molecule has 0 saturated heterocycles. The molecule has 2 heterocycles. The van der Waals surface area contributed by atoms with Gasteiger partial charge in [-0.1, -0.05) is 24.3 Å². The topological polar surface area (TPSA) is 29.0 Å². The number of nitrogens with zero attached hydrogens (tertiary/aromatic N) is 3. The molecule has 0 saturated carbocycles. The molecule has 0 spiro atoms. The van der Waals surface area contributed by atoms with Crippen molar-refractivity contribution in [2.75, 3.05) is 13.6 Å². The summed E-state index contributed by atoms with van der Waals surface area (Å²) in [6.45, 7) is 1.61. The molecule has 1 atom stereocenters. The van der Waals surface area contributed by atoms with Gasteiger partial charge in [-0.15, -0.1) is 0 Å². The summed E-state index contributed by atoms with van der Waals surface area (Å²) in [6, 6.07) is 12.4. The molecule has 0 bridgehead atoms. The molecule has 1 aliphatic rings. The van der Waals surface area contributed by atoms with Crippen LogP contribution in [0.4, 0.5) is 17.6 Å². The van der Waals surface area contributed by atoms with Crippen LogP contribution in [0.2, 0.25) is 0 Å². The fourth-order valence-electron chi connectivity index (χ4n) is 3.80. The maximum absolute atomic E-state index is 13.3. The van der Waals surface area contributed by atoms with Gasteiger partial charge in [0.05, 0.1) is 0 Å². The van der Waals surface area contributed by atoms with Crippen LogP contribution in [0, 0.1) is 5.82 Å². The fourth-order valence-corrected chi connectivity index (χ4v) is 3.80. The fraction of sp³-hybridized carbons (Fsp3) is 0.273. The van der Waals surface area contributed by atoms with Crippen LogP contribution in [0.3, 0.4) is 0 Å². The second kappa shape index (κ2) is 7.55. The maximum Gasteiger partial charge on any atom is 0.451 e. The van der Waals surface area contributed by atoms with Crippen molar-refractivity contribution >= 4 is 0 Å². The highest BCUT2D eigenvalue weighted by molar-refractivity contribution is 5.64. The first-order valence-corrected chi connectivity index (χ1v) is 9.28. The molecule has 0 N–H and O–H groups in total. The van der Waals surface area contributed by atoms with Gasteiger partial charge in [0.25, 0.3) is 0 Å². The molecule has 150 valence electrons. The largest absolute Gasteiger partial charge is 0.451 e. The minimum Gasteiger partial charge on any atom is -0.302 e. The van der Waals surface area contributed by atoms with Gasteiger partial charge in [-0.2, -0.15) is 13.2 Å². The zero-order chi connectivity index (χ0) is 20.6. The predicted octanol–water partition coefficient (Wildman–Crippen LogP) is 5.27. The van der Waals surface area contributed by atoms with E-state index in [1.807, 2.05) is 37.4 Å². The normalized spacial score (nSPS) is 17.6. The highest BCUT2D eigenvalue weighted by Gasteiger charge is 2.34. The van der Waals surface area contributed by atoms with Crippen molar-refractivity contribution in [3.63, 3.8) is 0 Å². The third-order valence-corrected chi connectivity index (χ3v) is 5.27. The van der Waals surface area contributed by atoms with Crippen LogP contribution in [-0.4, -0.2) is 28.5 Å². The molecule has 3 aromatic rings. The highest BCUT2D eigenvalue weighted by atomic mass is 19.4. The summed E-state index contributed by atoms with van der Waals surface area (Å²) in [4.78, 5) is 9.12. The van der Waals surface area contributed by atoms with Gasteiger partial charge in [-0.25, -0.2) is 14.4 Å². The van der Waals surface area contributed by atoms with E-state index in [-0.39, 0.29) is 11.7 Å². The van der Waals surface area contributed by atoms with E-state index in [2.05, 4.69) is 14.9 Å². The Morgan fingerprint density at radius 1 is 0.966 bits per heavy atom. The lowest BCUT2D eigenvalue weighted by Gasteiger charge is -2.19. The van der Waals surface area contributed by atoms with E-state index in [1.54, 1.807) is 0 Å². The Bertz CT molecular complexity index is 998. The monoisotopic (exact) mass is 401 g/mol. The van der Waals surface area contributed by atoms with Gasteiger partial charge in [-0.3, -0.25) is 0 Å². The third kappa shape index (κ3) is 4.15. The molecule has 0 aliphatic carbocycles. The Hall–Kier alpha value is -2.80. The van der Waals surface area contributed by atoms with Gasteiger partial charge >= 0.3 is 6.18 Å². The number of fused-ring (bicyclic) bond motifs is 1. The summed E-state index contributed by atoms with van der Waals surface area (Å²) in [5, 5.41) is 0. The van der Waals surface area contributed by atoms with E-state index < -0.39 is 12.0 Å². The molecule has 1 aliphatic heterocycles. The molecule has 4 rings (SSSR count). The molecule has 29 heavy (non-hydrogen) atoms. The van der Waals surface area contributed by atoms with E-state index in [4.69, 9.17) is 0 Å². The third-order valence-electron chi connectivity index (χ3n) is 5.27. The number of rotatable bonds is 2. The minimum absolute atomic E-state index is 0.133. The Labute approximate surface area is 166 Å². The second-order valence-electron chi connectivity index (χ2n) is 7.34. The lowest BCUT2D eigenvalue weighted by atomic mass is 9.85. The van der Waals surface area contributed by atoms with Crippen molar-refractivity contribution in [2.24, 2.45) is 0 Å². The lowest BCUT2D eigenvalue weighted by molar-refractivity contribution is -0.144. The summed E-state index contributed by atoms with van der Waals surface area (Å²) in [5.74, 6) is -1.28. The first-order valence-electron chi connectivity index (χ1n) is 9.28. The molecule has 1 aromatic heterocycles. The van der Waals surface area contributed by atoms with Gasteiger partial charge in [-0.05, 0) is 60.5 Å². The zero-order valence-corrected chi connectivity index (χ0v) is 15.7. The molecular formula is C22H19F4N3. The standard InChI is InChI=1S/C22H19F4N3/c1-29-9-8-20(14-2-5-18(23)6-3-14)19-7-4-15(10-16(19)13-29)17-11-27-21(28-12-17)22(24,25)26/h2-7,10-12,20H,8-9,13H2,1H3. The van der Waals surface area contributed by atoms with Gasteiger partial charge in [0.1, 0.15) is 5.82 Å². The van der Waals surface area contributed by atoms with Crippen molar-refractivity contribution in [3.8, 4) is 11.1 Å². The zero-order valence-electron chi connectivity index (χ0n) is 15.7. The number of halogens is 4. The Kier molecular flexibility index (Phi) is 5.08. The Morgan fingerprint density at radius 2 is 1.66 bits per heavy atom. The number of benzene rings is 2. The van der Waals surface area contributed by atoms with Gasteiger partial charge in [0.2, 0.25) is 5.82 Å². The summed E-state index contributed by atoms with van der Waals surface area (Å²) < 4.78 is 51.5. The Balaban J connectivity index is 1.71. The smallest absolute Gasteiger partial charge is 0.302 e. The van der Waals surface area contributed by atoms with Crippen molar-refractivity contribution < 1.29 is 17.6 Å². The average Bonchev–Trinajstić information content (AvgIpc) is 2.86. The van der Waals surface area contributed by atoms with Gasteiger partial charge in [0.15, 0.2) is 0 Å². The highest BCUT2D eigenvalue weighted by Crippen LogP contribution is 2.36. The number of aromatic nitrogens is 2. The summed E-state index contributed by atoms with van der Waals surface area (Å²) in [5.41, 5.74) is 4.60. The SMILES string of the molecule is CN1CCC(c2ccc(F)cc2)c2ccc(-c3cnc(C(F)(F)F)nc3)cc2C1. The quantitative estimate of drug-likeness (QED) is 0.548. The van der Waals surface area contributed by atoms with Crippen molar-refractivity contribution in [3.05, 3.63) is 83.2 Å². The van der Waals surface area contributed by atoms with Crippen LogP contribution in [0.15, 0.2) is 54.9 Å². The summed E-state index contributed by atoms with van der Waals surface area (Å²) >= 11 is 0. The van der Waals surface area contributed by atoms with Crippen LogP contribution in [0.25, 0.3) is 11.1 Å². The molecule has 7 heteroatoms. The van der Waals surface area contributed by atoms with Crippen molar-refractivity contribution in [1.82, 2.24) is 14.9 Å². The van der Waals surface area contributed by atoms with E-state index in [0.717, 1.165) is 41.8 Å².